The Morgan fingerprint density at radius 2 is 1.78 bits per heavy atom. The maximum absolute atomic E-state index is 13.5. The molecule has 1 unspecified atom stereocenters. The zero-order valence-electron chi connectivity index (χ0n) is 32.7. The lowest BCUT2D eigenvalue weighted by Crippen LogP contribution is -2.69. The molecule has 9 heteroatoms. The Balaban J connectivity index is 1.33. The van der Waals surface area contributed by atoms with Gasteiger partial charge in [0, 0.05) is 22.3 Å². The molecule has 0 spiro atoms. The second kappa shape index (κ2) is 11.8. The van der Waals surface area contributed by atoms with Crippen molar-refractivity contribution in [2.45, 2.75) is 144 Å². The average Bonchev–Trinajstić information content (AvgIpc) is 3.81. The molecule has 1 aromatic rings. The Morgan fingerprint density at radius 3 is 2.40 bits per heavy atom. The van der Waals surface area contributed by atoms with E-state index >= 15 is 0 Å². The SMILES string of the molecule is CC(C)[C@@H](C)[C@@]1(C)CC[C@]2(C)[C@H]3CC[C@@H]4C5(COC[C@]4(C)[C@@H](OC[C@](C)(N)C(C)C)[C@H](n4nc(C6CC6)nc4N)C5)C3=CC[C@@]2(C)[C@@H]1C(=O)O. The Hall–Kier alpha value is -1.97. The van der Waals surface area contributed by atoms with Crippen molar-refractivity contribution < 1.29 is 19.4 Å². The summed E-state index contributed by atoms with van der Waals surface area (Å²) in [5, 5.41) is 16.2. The van der Waals surface area contributed by atoms with Gasteiger partial charge in [0.05, 0.1) is 37.9 Å². The minimum absolute atomic E-state index is 0.114. The molecule has 4 saturated carbocycles. The highest BCUT2D eigenvalue weighted by Crippen LogP contribution is 2.75. The number of ether oxygens (including phenoxy) is 2. The number of hydrogen-bond acceptors (Lipinski definition) is 7. The van der Waals surface area contributed by atoms with Gasteiger partial charge < -0.3 is 26.0 Å². The number of carboxylic acids is 1. The number of hydrogen-bond donors (Lipinski definition) is 3. The first-order valence-electron chi connectivity index (χ1n) is 19.9. The van der Waals surface area contributed by atoms with Crippen LogP contribution in [0.2, 0.25) is 0 Å². The van der Waals surface area contributed by atoms with E-state index in [0.717, 1.165) is 57.2 Å². The number of rotatable bonds is 9. The number of nitrogens with zero attached hydrogens (tertiary/aromatic N) is 3. The maximum Gasteiger partial charge on any atom is 0.307 e. The number of nitrogen functional groups attached to an aromatic ring is 1. The molecule has 6 aliphatic rings. The molecule has 0 amide bonds. The van der Waals surface area contributed by atoms with Crippen LogP contribution in [0.3, 0.4) is 0 Å². The summed E-state index contributed by atoms with van der Waals surface area (Å²) < 4.78 is 15.8. The van der Waals surface area contributed by atoms with Gasteiger partial charge in [0.25, 0.3) is 0 Å². The molecule has 9 nitrogen and oxygen atoms in total. The number of nitrogens with two attached hydrogens (primary N) is 2. The summed E-state index contributed by atoms with van der Waals surface area (Å²) >= 11 is 0. The van der Waals surface area contributed by atoms with E-state index in [1.165, 1.54) is 5.57 Å². The summed E-state index contributed by atoms with van der Waals surface area (Å²) in [6, 6.07) is -0.114. The van der Waals surface area contributed by atoms with Gasteiger partial charge >= 0.3 is 5.97 Å². The number of aliphatic carboxylic acids is 1. The first kappa shape index (κ1) is 36.4. The Kier molecular flexibility index (Phi) is 8.56. The Labute approximate surface area is 301 Å². The molecule has 1 saturated heterocycles. The van der Waals surface area contributed by atoms with Gasteiger partial charge in [0.2, 0.25) is 5.95 Å². The smallest absolute Gasteiger partial charge is 0.307 e. The van der Waals surface area contributed by atoms with Crippen molar-refractivity contribution in [3.63, 3.8) is 0 Å². The second-order valence-corrected chi connectivity index (χ2v) is 20.1. The summed E-state index contributed by atoms with van der Waals surface area (Å²) in [6.07, 6.45) is 10.3. The summed E-state index contributed by atoms with van der Waals surface area (Å²) in [6.45, 7) is 24.4. The quantitative estimate of drug-likeness (QED) is 0.225. The Bertz CT molecular complexity index is 1530. The second-order valence-electron chi connectivity index (χ2n) is 20.1. The lowest BCUT2D eigenvalue weighted by atomic mass is 9.34. The minimum Gasteiger partial charge on any atom is -0.481 e. The lowest BCUT2D eigenvalue weighted by molar-refractivity contribution is -0.252. The van der Waals surface area contributed by atoms with Gasteiger partial charge in [-0.25, -0.2) is 4.68 Å². The van der Waals surface area contributed by atoms with Gasteiger partial charge in [0.15, 0.2) is 5.82 Å². The summed E-state index contributed by atoms with van der Waals surface area (Å²) in [5.74, 6) is 2.35. The molecule has 50 heavy (non-hydrogen) atoms. The van der Waals surface area contributed by atoms with E-state index in [0.29, 0.717) is 55.4 Å². The van der Waals surface area contributed by atoms with Crippen molar-refractivity contribution in [3.8, 4) is 0 Å². The molecule has 2 bridgehead atoms. The third-order valence-electron chi connectivity index (χ3n) is 16.9. The topological polar surface area (TPSA) is 139 Å². The number of carboxylic acid groups (broad SMARTS) is 1. The molecule has 1 aromatic heterocycles. The van der Waals surface area contributed by atoms with E-state index in [4.69, 9.17) is 31.0 Å². The molecule has 5 aliphatic carbocycles. The van der Waals surface area contributed by atoms with E-state index in [9.17, 15) is 9.90 Å². The normalized spacial score (nSPS) is 44.5. The molecule has 5 N–H and O–H groups in total. The first-order valence-corrected chi connectivity index (χ1v) is 19.9. The van der Waals surface area contributed by atoms with Gasteiger partial charge in [-0.2, -0.15) is 10.1 Å². The van der Waals surface area contributed by atoms with Crippen LogP contribution < -0.4 is 11.5 Å². The van der Waals surface area contributed by atoms with Crippen LogP contribution in [-0.2, 0) is 14.3 Å². The van der Waals surface area contributed by atoms with E-state index in [2.05, 4.69) is 75.3 Å². The zero-order chi connectivity index (χ0) is 36.4. The van der Waals surface area contributed by atoms with E-state index in [-0.39, 0.29) is 45.1 Å². The molecule has 5 fully saturated rings. The summed E-state index contributed by atoms with van der Waals surface area (Å²) in [4.78, 5) is 18.3. The van der Waals surface area contributed by atoms with Crippen LogP contribution in [0.25, 0.3) is 0 Å². The molecular formula is C41H67N5O4. The van der Waals surface area contributed by atoms with Crippen LogP contribution in [-0.4, -0.2) is 57.3 Å². The predicted octanol–water partition coefficient (Wildman–Crippen LogP) is 7.63. The molecule has 1 aliphatic heterocycles. The fourth-order valence-corrected chi connectivity index (χ4v) is 12.7. The molecular weight excluding hydrogens is 626 g/mol. The molecule has 12 atom stereocenters. The lowest BCUT2D eigenvalue weighted by Gasteiger charge is -2.71. The standard InChI is InChI=1S/C41H67N5O4/c1-23(2)25(5)36(6)17-18-38(8)27-13-14-30-37(7)20-49-22-41(30,28(27)15-16-39(38,9)31(36)34(47)48)19-29(32(37)50-21-40(10,43)24(3)4)46-35(42)44-33(45-46)26-11-12-26/h15,23-27,29-32H,11-14,16-22,43H2,1-10H3,(H,47,48)(H2,42,44,45)/t25-,27+,29-,30+,31-,32+,36-,37+,38-,39+,40+,41?/m1/s1. The molecule has 0 radical (unpaired) electrons. The molecule has 7 rings (SSSR count). The first-order chi connectivity index (χ1) is 23.3. The highest BCUT2D eigenvalue weighted by atomic mass is 16.5. The number of carbonyl (C=O) groups is 1. The van der Waals surface area contributed by atoms with Crippen LogP contribution in [0.1, 0.15) is 138 Å². The summed E-state index contributed by atoms with van der Waals surface area (Å²) in [7, 11) is 0. The number of fused-ring (bicyclic) bond motifs is 3. The van der Waals surface area contributed by atoms with Crippen molar-refractivity contribution in [2.24, 2.45) is 68.3 Å². The average molecular weight is 694 g/mol. The maximum atomic E-state index is 13.5. The van der Waals surface area contributed by atoms with Gasteiger partial charge in [-0.3, -0.25) is 4.79 Å². The van der Waals surface area contributed by atoms with Crippen LogP contribution in [0, 0.1) is 62.6 Å². The Morgan fingerprint density at radius 1 is 1.08 bits per heavy atom. The van der Waals surface area contributed by atoms with Gasteiger partial charge in [0.1, 0.15) is 0 Å². The fraction of sp³-hybridized carbons (Fsp3) is 0.878. The van der Waals surface area contributed by atoms with Crippen molar-refractivity contribution >= 4 is 11.9 Å². The number of aromatic nitrogens is 3. The third kappa shape index (κ3) is 4.97. The van der Waals surface area contributed by atoms with Crippen LogP contribution in [0.4, 0.5) is 5.95 Å². The number of allylic oxidation sites excluding steroid dienone is 1. The highest BCUT2D eigenvalue weighted by Gasteiger charge is 2.72. The van der Waals surface area contributed by atoms with Crippen LogP contribution in [0.15, 0.2) is 11.6 Å². The summed E-state index contributed by atoms with van der Waals surface area (Å²) in [5.41, 5.74) is 13.4. The minimum atomic E-state index is -0.621. The fourth-order valence-electron chi connectivity index (χ4n) is 12.7. The monoisotopic (exact) mass is 694 g/mol. The third-order valence-corrected chi connectivity index (χ3v) is 16.9. The van der Waals surface area contributed by atoms with Gasteiger partial charge in [-0.15, -0.1) is 0 Å². The van der Waals surface area contributed by atoms with Crippen molar-refractivity contribution in [1.29, 1.82) is 0 Å². The van der Waals surface area contributed by atoms with Crippen LogP contribution in [0.5, 0.6) is 0 Å². The predicted molar refractivity (Wildman–Crippen MR) is 196 cm³/mol. The highest BCUT2D eigenvalue weighted by molar-refractivity contribution is 5.73. The van der Waals surface area contributed by atoms with Gasteiger partial charge in [-0.05, 0) is 104 Å². The van der Waals surface area contributed by atoms with E-state index in [1.807, 2.05) is 4.68 Å². The van der Waals surface area contributed by atoms with Gasteiger partial charge in [-0.1, -0.05) is 74.0 Å². The van der Waals surface area contributed by atoms with E-state index in [1.54, 1.807) is 0 Å². The molecule has 280 valence electrons. The van der Waals surface area contributed by atoms with Crippen molar-refractivity contribution in [3.05, 3.63) is 17.5 Å². The van der Waals surface area contributed by atoms with Crippen LogP contribution >= 0.6 is 0 Å². The zero-order valence-corrected chi connectivity index (χ0v) is 32.7. The van der Waals surface area contributed by atoms with Crippen molar-refractivity contribution in [2.75, 3.05) is 25.6 Å². The molecule has 2 heterocycles. The van der Waals surface area contributed by atoms with E-state index < -0.39 is 17.4 Å². The number of anilines is 1. The van der Waals surface area contributed by atoms with Crippen molar-refractivity contribution in [1.82, 2.24) is 14.8 Å². The molecule has 0 aromatic carbocycles. The largest absolute Gasteiger partial charge is 0.481 e.